The van der Waals surface area contributed by atoms with Crippen molar-refractivity contribution in [1.29, 1.82) is 0 Å². The molecule has 13 heteroatoms. The van der Waals surface area contributed by atoms with E-state index in [-0.39, 0.29) is 36.0 Å². The summed E-state index contributed by atoms with van der Waals surface area (Å²) in [4.78, 5) is 21.1. The standard InChI is InChI=1S/C23H29F3N4O5S/c1-33-8-9-34-21-27-20(35-28-21)19-12-18(17-4-2-16(3-5-17)13-23(24,25)26)14-30(15-19)22(31)29-6-10-36(32)11-7-29/h2-5,18-19H,6-15H2,1H3. The monoisotopic (exact) mass is 530 g/mol. The molecular formula is C23H29F3N4O5S. The molecular weight excluding hydrogens is 501 g/mol. The lowest BCUT2D eigenvalue weighted by atomic mass is 9.84. The van der Waals surface area contributed by atoms with Gasteiger partial charge in [-0.25, -0.2) is 4.79 Å². The van der Waals surface area contributed by atoms with Crippen molar-refractivity contribution in [2.45, 2.75) is 30.9 Å². The van der Waals surface area contributed by atoms with Crippen LogP contribution in [0.3, 0.4) is 0 Å². The van der Waals surface area contributed by atoms with Crippen LogP contribution in [0.25, 0.3) is 0 Å². The Hall–Kier alpha value is -2.51. The van der Waals surface area contributed by atoms with Crippen LogP contribution >= 0.6 is 0 Å². The number of amides is 2. The number of benzene rings is 1. The van der Waals surface area contributed by atoms with Gasteiger partial charge in [-0.3, -0.25) is 0 Å². The van der Waals surface area contributed by atoms with Crippen LogP contribution in [0.2, 0.25) is 0 Å². The third-order valence-electron chi connectivity index (χ3n) is 6.32. The lowest BCUT2D eigenvalue weighted by Crippen LogP contribution is -2.53. The molecule has 2 atom stereocenters. The zero-order valence-corrected chi connectivity index (χ0v) is 20.7. The number of aromatic nitrogens is 2. The first-order chi connectivity index (χ1) is 17.2. The van der Waals surface area contributed by atoms with E-state index in [0.717, 1.165) is 5.56 Å². The molecule has 2 saturated heterocycles. The molecule has 2 unspecified atom stereocenters. The highest BCUT2D eigenvalue weighted by Gasteiger charge is 2.37. The summed E-state index contributed by atoms with van der Waals surface area (Å²) < 4.78 is 65.8. The van der Waals surface area contributed by atoms with Gasteiger partial charge in [0.1, 0.15) is 18.1 Å². The maximum absolute atomic E-state index is 13.3. The minimum Gasteiger partial charge on any atom is -0.616 e. The molecule has 2 aromatic rings. The quantitative estimate of drug-likeness (QED) is 0.401. The van der Waals surface area contributed by atoms with Crippen molar-refractivity contribution in [2.24, 2.45) is 0 Å². The van der Waals surface area contributed by atoms with E-state index in [1.165, 1.54) is 12.1 Å². The van der Waals surface area contributed by atoms with Crippen molar-refractivity contribution in [3.63, 3.8) is 0 Å². The van der Waals surface area contributed by atoms with Crippen LogP contribution < -0.4 is 4.74 Å². The normalized spacial score (nSPS) is 21.6. The molecule has 0 bridgehead atoms. The number of ether oxygens (including phenoxy) is 2. The van der Waals surface area contributed by atoms with Crippen LogP contribution in [-0.2, 0) is 22.3 Å². The van der Waals surface area contributed by atoms with Gasteiger partial charge in [0.2, 0.25) is 5.89 Å². The molecule has 0 aliphatic carbocycles. The first-order valence-electron chi connectivity index (χ1n) is 11.7. The number of methoxy groups -OCH3 is 1. The highest BCUT2D eigenvalue weighted by atomic mass is 32.2. The molecule has 0 spiro atoms. The van der Waals surface area contributed by atoms with Crippen LogP contribution in [0, 0.1) is 0 Å². The van der Waals surface area contributed by atoms with Gasteiger partial charge >= 0.3 is 18.2 Å². The van der Waals surface area contributed by atoms with E-state index in [1.807, 2.05) is 0 Å². The largest absolute Gasteiger partial charge is 0.616 e. The topological polar surface area (TPSA) is 104 Å². The third-order valence-corrected chi connectivity index (χ3v) is 7.59. The first-order valence-corrected chi connectivity index (χ1v) is 13.2. The second kappa shape index (κ2) is 11.7. The Morgan fingerprint density at radius 1 is 1.14 bits per heavy atom. The van der Waals surface area contributed by atoms with E-state index in [4.69, 9.17) is 14.0 Å². The van der Waals surface area contributed by atoms with Crippen LogP contribution in [-0.4, -0.2) is 94.7 Å². The van der Waals surface area contributed by atoms with Crippen molar-refractivity contribution in [3.8, 4) is 6.01 Å². The number of halogens is 3. The number of hydrogen-bond donors (Lipinski definition) is 0. The fraction of sp³-hybridized carbons (Fsp3) is 0.609. The van der Waals surface area contributed by atoms with Crippen molar-refractivity contribution < 1.29 is 36.5 Å². The zero-order valence-electron chi connectivity index (χ0n) is 19.9. The number of rotatable bonds is 7. The Balaban J connectivity index is 1.52. The minimum absolute atomic E-state index is 0.0806. The predicted octanol–water partition coefficient (Wildman–Crippen LogP) is 2.96. The highest BCUT2D eigenvalue weighted by Crippen LogP contribution is 2.36. The Kier molecular flexibility index (Phi) is 8.62. The summed E-state index contributed by atoms with van der Waals surface area (Å²) in [6.45, 7) is 2.21. The summed E-state index contributed by atoms with van der Waals surface area (Å²) in [5.41, 5.74) is 1.02. The van der Waals surface area contributed by atoms with E-state index < -0.39 is 23.8 Å². The predicted molar refractivity (Wildman–Crippen MR) is 124 cm³/mol. The molecule has 2 fully saturated rings. The maximum Gasteiger partial charge on any atom is 0.393 e. The number of alkyl halides is 3. The van der Waals surface area contributed by atoms with Gasteiger partial charge in [-0.1, -0.05) is 35.4 Å². The van der Waals surface area contributed by atoms with Gasteiger partial charge in [0.25, 0.3) is 0 Å². The second-order valence-corrected chi connectivity index (χ2v) is 10.6. The minimum atomic E-state index is -4.28. The summed E-state index contributed by atoms with van der Waals surface area (Å²) in [6, 6.07) is 6.25. The molecule has 36 heavy (non-hydrogen) atoms. The van der Waals surface area contributed by atoms with Gasteiger partial charge in [0.05, 0.1) is 32.0 Å². The molecule has 2 aliphatic heterocycles. The van der Waals surface area contributed by atoms with Gasteiger partial charge in [-0.15, -0.1) is 0 Å². The Morgan fingerprint density at radius 2 is 1.83 bits per heavy atom. The number of nitrogens with zero attached hydrogens (tertiary/aromatic N) is 4. The molecule has 9 nitrogen and oxygen atoms in total. The number of carbonyl (C=O) groups is 1. The smallest absolute Gasteiger partial charge is 0.393 e. The number of piperidine rings is 1. The average Bonchev–Trinajstić information content (AvgIpc) is 3.32. The Labute approximate surface area is 210 Å². The molecule has 2 amide bonds. The van der Waals surface area contributed by atoms with Gasteiger partial charge < -0.3 is 28.3 Å². The molecule has 198 valence electrons. The average molecular weight is 531 g/mol. The van der Waals surface area contributed by atoms with Crippen molar-refractivity contribution >= 4 is 17.2 Å². The summed E-state index contributed by atoms with van der Waals surface area (Å²) in [5.74, 6) is 0.793. The van der Waals surface area contributed by atoms with E-state index in [2.05, 4.69) is 10.1 Å². The van der Waals surface area contributed by atoms with Crippen LogP contribution in [0.4, 0.5) is 18.0 Å². The SMILES string of the molecule is COCCOc1noc(C2CC(c3ccc(CC(F)(F)F)cc3)CN(C(=O)N3CC[S+]([O-])CC3)C2)n1. The fourth-order valence-electron chi connectivity index (χ4n) is 4.51. The zero-order chi connectivity index (χ0) is 25.7. The third kappa shape index (κ3) is 7.04. The highest BCUT2D eigenvalue weighted by molar-refractivity contribution is 7.91. The lowest BCUT2D eigenvalue weighted by molar-refractivity contribution is -0.127. The van der Waals surface area contributed by atoms with E-state index in [9.17, 15) is 22.5 Å². The summed E-state index contributed by atoms with van der Waals surface area (Å²) in [5, 5.41) is 3.86. The molecule has 0 N–H and O–H groups in total. The molecule has 0 saturated carbocycles. The molecule has 1 aromatic heterocycles. The molecule has 0 radical (unpaired) electrons. The van der Waals surface area contributed by atoms with Crippen molar-refractivity contribution in [3.05, 3.63) is 41.3 Å². The van der Waals surface area contributed by atoms with Gasteiger partial charge in [0, 0.05) is 26.1 Å². The van der Waals surface area contributed by atoms with E-state index in [1.54, 1.807) is 29.0 Å². The van der Waals surface area contributed by atoms with Crippen molar-refractivity contribution in [2.75, 3.05) is 58.0 Å². The summed E-state index contributed by atoms with van der Waals surface area (Å²) in [6.07, 6.45) is -4.69. The number of carbonyl (C=O) groups excluding carboxylic acids is 1. The Bertz CT molecular complexity index is 998. The van der Waals surface area contributed by atoms with Crippen molar-refractivity contribution in [1.82, 2.24) is 19.9 Å². The number of likely N-dealkylation sites (tertiary alicyclic amines) is 1. The summed E-state index contributed by atoms with van der Waals surface area (Å²) >= 11 is -0.915. The van der Waals surface area contributed by atoms with Crippen LogP contribution in [0.15, 0.2) is 28.8 Å². The van der Waals surface area contributed by atoms with Gasteiger partial charge in [-0.05, 0) is 22.7 Å². The molecule has 4 rings (SSSR count). The lowest BCUT2D eigenvalue weighted by Gasteiger charge is -2.40. The second-order valence-electron chi connectivity index (χ2n) is 8.94. The van der Waals surface area contributed by atoms with E-state index in [0.29, 0.717) is 56.6 Å². The van der Waals surface area contributed by atoms with Gasteiger partial charge in [0.15, 0.2) is 0 Å². The number of urea groups is 1. The van der Waals surface area contributed by atoms with E-state index >= 15 is 0 Å². The Morgan fingerprint density at radius 3 is 2.50 bits per heavy atom. The first kappa shape index (κ1) is 26.6. The van der Waals surface area contributed by atoms with Gasteiger partial charge in [-0.2, -0.15) is 18.2 Å². The molecule has 3 heterocycles. The molecule has 2 aliphatic rings. The fourth-order valence-corrected chi connectivity index (χ4v) is 5.56. The summed E-state index contributed by atoms with van der Waals surface area (Å²) in [7, 11) is 1.55. The van der Waals surface area contributed by atoms with Crippen LogP contribution in [0.5, 0.6) is 6.01 Å². The van der Waals surface area contributed by atoms with Crippen LogP contribution in [0.1, 0.15) is 35.3 Å². The maximum atomic E-state index is 13.3. The molecule has 1 aromatic carbocycles. The number of hydrogen-bond acceptors (Lipinski definition) is 7.